The van der Waals surface area contributed by atoms with E-state index in [2.05, 4.69) is 10.3 Å². The van der Waals surface area contributed by atoms with Crippen LogP contribution in [-0.2, 0) is 9.53 Å². The molecule has 1 atom stereocenters. The van der Waals surface area contributed by atoms with Crippen molar-refractivity contribution in [2.24, 2.45) is 0 Å². The fourth-order valence-electron chi connectivity index (χ4n) is 3.31. The van der Waals surface area contributed by atoms with Crippen molar-refractivity contribution in [3.63, 3.8) is 0 Å². The largest absolute Gasteiger partial charge is 0.376 e. The number of hydrogen-bond donors (Lipinski definition) is 1. The zero-order valence-corrected chi connectivity index (χ0v) is 16.7. The summed E-state index contributed by atoms with van der Waals surface area (Å²) in [5, 5.41) is 14.4. The summed E-state index contributed by atoms with van der Waals surface area (Å²) in [6.07, 6.45) is 2.00. The molecule has 0 unspecified atom stereocenters. The summed E-state index contributed by atoms with van der Waals surface area (Å²) in [4.78, 5) is 27.4. The molecule has 1 fully saturated rings. The Morgan fingerprint density at radius 2 is 2.13 bits per heavy atom. The zero-order chi connectivity index (χ0) is 21.1. The number of nitro benzene ring substituents is 1. The monoisotopic (exact) mass is 430 g/mol. The average Bonchev–Trinajstić information content (AvgIpc) is 3.38. The van der Waals surface area contributed by atoms with Crippen LogP contribution < -0.4 is 5.32 Å². The van der Waals surface area contributed by atoms with Crippen LogP contribution in [0.25, 0.3) is 16.7 Å². The molecule has 1 aliphatic heterocycles. The molecule has 1 N–H and O–H groups in total. The molecule has 3 aromatic rings. The minimum atomic E-state index is -0.484. The van der Waals surface area contributed by atoms with Gasteiger partial charge in [-0.1, -0.05) is 11.8 Å². The van der Waals surface area contributed by atoms with E-state index in [0.29, 0.717) is 28.4 Å². The number of hydrogen-bond acceptors (Lipinski definition) is 6. The van der Waals surface area contributed by atoms with Crippen LogP contribution in [0, 0.1) is 15.9 Å². The van der Waals surface area contributed by atoms with E-state index in [1.807, 2.05) is 0 Å². The third-order valence-corrected chi connectivity index (χ3v) is 5.72. The third kappa shape index (κ3) is 4.44. The van der Waals surface area contributed by atoms with Gasteiger partial charge in [0, 0.05) is 31.0 Å². The Labute approximate surface area is 175 Å². The first-order chi connectivity index (χ1) is 14.5. The highest BCUT2D eigenvalue weighted by atomic mass is 32.2. The fourth-order valence-corrected chi connectivity index (χ4v) is 4.17. The van der Waals surface area contributed by atoms with E-state index in [0.717, 1.165) is 19.4 Å². The average molecular weight is 430 g/mol. The van der Waals surface area contributed by atoms with Gasteiger partial charge in [0.05, 0.1) is 27.8 Å². The number of carbonyl (C=O) groups excluding carboxylic acids is 1. The van der Waals surface area contributed by atoms with Gasteiger partial charge < -0.3 is 10.1 Å². The maximum atomic E-state index is 13.4. The van der Waals surface area contributed by atoms with Gasteiger partial charge in [0.1, 0.15) is 5.82 Å². The lowest BCUT2D eigenvalue weighted by molar-refractivity contribution is -0.384. The second-order valence-corrected chi connectivity index (χ2v) is 7.81. The number of nitrogens with zero attached hydrogens (tertiary/aromatic N) is 3. The number of fused-ring (bicyclic) bond motifs is 1. The maximum Gasteiger partial charge on any atom is 0.271 e. The maximum absolute atomic E-state index is 13.4. The predicted molar refractivity (Wildman–Crippen MR) is 110 cm³/mol. The van der Waals surface area contributed by atoms with Gasteiger partial charge in [-0.3, -0.25) is 19.5 Å². The molecular weight excluding hydrogens is 411 g/mol. The summed E-state index contributed by atoms with van der Waals surface area (Å²) < 4.78 is 20.6. The Hall–Kier alpha value is -2.98. The fraction of sp³-hybridized carbons (Fsp3) is 0.300. The van der Waals surface area contributed by atoms with Crippen LogP contribution in [0.1, 0.15) is 12.8 Å². The highest BCUT2D eigenvalue weighted by Gasteiger charge is 2.19. The molecule has 4 rings (SSSR count). The van der Waals surface area contributed by atoms with Gasteiger partial charge in [-0.2, -0.15) is 0 Å². The second-order valence-electron chi connectivity index (χ2n) is 6.86. The SMILES string of the molecule is O=C(CSc1nc2cc([N+](=O)[O-])ccc2n1-c1ccc(F)cc1)NC[C@H]1CCCO1. The molecule has 1 aromatic heterocycles. The standard InChI is InChI=1S/C20H19FN4O4S/c21-13-3-5-14(6-4-13)24-18-8-7-15(25(27)28)10-17(18)23-20(24)30-12-19(26)22-11-16-2-1-9-29-16/h3-8,10,16H,1-2,9,11-12H2,(H,22,26)/t16-/m1/s1. The minimum Gasteiger partial charge on any atom is -0.376 e. The second kappa shape index (κ2) is 8.80. The molecule has 0 aliphatic carbocycles. The summed E-state index contributed by atoms with van der Waals surface area (Å²) >= 11 is 1.21. The Bertz CT molecular complexity index is 1080. The minimum absolute atomic E-state index is 0.0586. The Morgan fingerprint density at radius 1 is 1.33 bits per heavy atom. The van der Waals surface area contributed by atoms with E-state index in [1.54, 1.807) is 22.8 Å². The van der Waals surface area contributed by atoms with Crippen molar-refractivity contribution in [1.82, 2.24) is 14.9 Å². The van der Waals surface area contributed by atoms with Gasteiger partial charge in [-0.25, -0.2) is 9.37 Å². The molecule has 0 radical (unpaired) electrons. The molecule has 1 saturated heterocycles. The van der Waals surface area contributed by atoms with E-state index < -0.39 is 4.92 Å². The number of nitrogens with one attached hydrogen (secondary N) is 1. The van der Waals surface area contributed by atoms with Crippen molar-refractivity contribution in [2.45, 2.75) is 24.1 Å². The highest BCUT2D eigenvalue weighted by Crippen LogP contribution is 2.30. The van der Waals surface area contributed by atoms with Crippen LogP contribution in [-0.4, -0.2) is 45.4 Å². The number of ether oxygens (including phenoxy) is 1. The number of amides is 1. The molecule has 0 saturated carbocycles. The van der Waals surface area contributed by atoms with Crippen LogP contribution in [0.5, 0.6) is 0 Å². The summed E-state index contributed by atoms with van der Waals surface area (Å²) in [6.45, 7) is 1.20. The summed E-state index contributed by atoms with van der Waals surface area (Å²) in [7, 11) is 0. The molecule has 2 heterocycles. The lowest BCUT2D eigenvalue weighted by Crippen LogP contribution is -2.32. The van der Waals surface area contributed by atoms with Gasteiger partial charge in [0.25, 0.3) is 5.69 Å². The van der Waals surface area contributed by atoms with Crippen LogP contribution in [0.3, 0.4) is 0 Å². The third-order valence-electron chi connectivity index (χ3n) is 4.79. The molecular formula is C20H19FN4O4S. The lowest BCUT2D eigenvalue weighted by Gasteiger charge is -2.11. The Balaban J connectivity index is 1.58. The molecule has 0 bridgehead atoms. The zero-order valence-electron chi connectivity index (χ0n) is 15.9. The van der Waals surface area contributed by atoms with Crippen LogP contribution >= 0.6 is 11.8 Å². The van der Waals surface area contributed by atoms with Gasteiger partial charge in [0.15, 0.2) is 5.16 Å². The van der Waals surface area contributed by atoms with E-state index in [4.69, 9.17) is 4.74 Å². The van der Waals surface area contributed by atoms with Crippen LogP contribution in [0.2, 0.25) is 0 Å². The van der Waals surface area contributed by atoms with Crippen LogP contribution in [0.15, 0.2) is 47.6 Å². The van der Waals surface area contributed by atoms with Crippen molar-refractivity contribution in [3.8, 4) is 5.69 Å². The summed E-state index contributed by atoms with van der Waals surface area (Å²) in [6, 6.07) is 10.2. The topological polar surface area (TPSA) is 99.3 Å². The van der Waals surface area contributed by atoms with Crippen molar-refractivity contribution >= 4 is 34.4 Å². The number of halogens is 1. The number of benzene rings is 2. The number of imidazole rings is 1. The lowest BCUT2D eigenvalue weighted by atomic mass is 10.2. The van der Waals surface area contributed by atoms with Gasteiger partial charge >= 0.3 is 0 Å². The molecule has 0 spiro atoms. The number of aromatic nitrogens is 2. The number of thioether (sulfide) groups is 1. The first-order valence-electron chi connectivity index (χ1n) is 9.45. The van der Waals surface area contributed by atoms with Crippen molar-refractivity contribution in [1.29, 1.82) is 0 Å². The normalized spacial score (nSPS) is 16.1. The number of nitro groups is 1. The Kier molecular flexibility index (Phi) is 5.96. The number of rotatable bonds is 7. The molecule has 30 heavy (non-hydrogen) atoms. The predicted octanol–water partition coefficient (Wildman–Crippen LogP) is 3.46. The van der Waals surface area contributed by atoms with E-state index in [-0.39, 0.29) is 29.3 Å². The molecule has 8 nitrogen and oxygen atoms in total. The van der Waals surface area contributed by atoms with E-state index >= 15 is 0 Å². The van der Waals surface area contributed by atoms with Gasteiger partial charge in [-0.15, -0.1) is 0 Å². The quantitative estimate of drug-likeness (QED) is 0.350. The Morgan fingerprint density at radius 3 is 2.83 bits per heavy atom. The summed E-state index contributed by atoms with van der Waals surface area (Å²) in [5.74, 6) is -0.403. The molecule has 2 aromatic carbocycles. The first kappa shape index (κ1) is 20.3. The number of carbonyl (C=O) groups is 1. The molecule has 156 valence electrons. The molecule has 10 heteroatoms. The van der Waals surface area contributed by atoms with Gasteiger partial charge in [0.2, 0.25) is 5.91 Å². The van der Waals surface area contributed by atoms with Crippen molar-refractivity contribution in [2.75, 3.05) is 18.9 Å². The van der Waals surface area contributed by atoms with Crippen molar-refractivity contribution < 1.29 is 18.8 Å². The number of non-ortho nitro benzene ring substituents is 1. The van der Waals surface area contributed by atoms with E-state index in [9.17, 15) is 19.3 Å². The molecule has 1 aliphatic rings. The highest BCUT2D eigenvalue weighted by molar-refractivity contribution is 7.99. The van der Waals surface area contributed by atoms with Gasteiger partial charge in [-0.05, 0) is 43.2 Å². The van der Waals surface area contributed by atoms with Crippen LogP contribution in [0.4, 0.5) is 10.1 Å². The van der Waals surface area contributed by atoms with E-state index in [1.165, 1.54) is 36.0 Å². The summed E-state index contributed by atoms with van der Waals surface area (Å²) in [5.41, 5.74) is 1.64. The van der Waals surface area contributed by atoms with Crippen molar-refractivity contribution in [3.05, 3.63) is 58.4 Å². The first-order valence-corrected chi connectivity index (χ1v) is 10.4. The smallest absolute Gasteiger partial charge is 0.271 e. The molecule has 1 amide bonds.